The molecule has 90 valence electrons. The maximum absolute atomic E-state index is 4.17. The largest absolute Gasteiger partial charge is 0.305 e. The zero-order valence-electron chi connectivity index (χ0n) is 10.4. The lowest BCUT2D eigenvalue weighted by Gasteiger charge is -2.20. The smallest absolute Gasteiger partial charge is 0.134 e. The van der Waals surface area contributed by atoms with Crippen LogP contribution in [0.2, 0.25) is 0 Å². The first-order chi connectivity index (χ1) is 7.67. The van der Waals surface area contributed by atoms with Gasteiger partial charge in [-0.2, -0.15) is 0 Å². The summed E-state index contributed by atoms with van der Waals surface area (Å²) in [6, 6.07) is 0.832. The van der Waals surface area contributed by atoms with Gasteiger partial charge in [0.05, 0.1) is 6.04 Å². The molecule has 0 aromatic carbocycles. The van der Waals surface area contributed by atoms with Crippen molar-refractivity contribution in [2.75, 3.05) is 0 Å². The number of aromatic nitrogens is 2. The van der Waals surface area contributed by atoms with Crippen molar-refractivity contribution in [2.45, 2.75) is 52.1 Å². The van der Waals surface area contributed by atoms with Crippen LogP contribution in [0.3, 0.4) is 0 Å². The fourth-order valence-corrected chi connectivity index (χ4v) is 2.35. The minimum atomic E-state index is 0.293. The van der Waals surface area contributed by atoms with Gasteiger partial charge in [0.15, 0.2) is 0 Å². The van der Waals surface area contributed by atoms with E-state index in [2.05, 4.69) is 35.9 Å². The molecule has 0 radical (unpaired) electrons. The number of allylic oxidation sites excluding steroid dienone is 1. The molecule has 1 aromatic rings. The number of hydrogen-bond acceptors (Lipinski definition) is 4. The monoisotopic (exact) mass is 239 g/mol. The molecule has 16 heavy (non-hydrogen) atoms. The van der Waals surface area contributed by atoms with Crippen LogP contribution in [0.15, 0.2) is 12.7 Å². The lowest BCUT2D eigenvalue weighted by Crippen LogP contribution is -2.30. The second-order valence-electron chi connectivity index (χ2n) is 4.02. The molecule has 0 saturated heterocycles. The molecule has 0 fully saturated rings. The third kappa shape index (κ3) is 4.02. The number of hydrogen-bond donors (Lipinski definition) is 1. The Hall–Kier alpha value is -0.740. The Morgan fingerprint density at radius 2 is 2.25 bits per heavy atom. The van der Waals surface area contributed by atoms with Gasteiger partial charge in [0.2, 0.25) is 0 Å². The highest BCUT2D eigenvalue weighted by Gasteiger charge is 2.14. The van der Waals surface area contributed by atoms with Crippen molar-refractivity contribution in [3.8, 4) is 0 Å². The average Bonchev–Trinajstić information content (AvgIpc) is 2.70. The summed E-state index contributed by atoms with van der Waals surface area (Å²) in [6.45, 7) is 10.1. The van der Waals surface area contributed by atoms with Gasteiger partial charge in [0.1, 0.15) is 10.0 Å². The lowest BCUT2D eigenvalue weighted by atomic mass is 10.1. The Morgan fingerprint density at radius 1 is 1.50 bits per heavy atom. The molecule has 1 rings (SSSR count). The van der Waals surface area contributed by atoms with Crippen LogP contribution in [0.1, 0.15) is 49.2 Å². The molecule has 2 unspecified atom stereocenters. The SMILES string of the molecule is C=CCCC(CC)NC(C)c1nnc(C)s1. The molecule has 0 spiro atoms. The molecular formula is C12H21N3S. The second-order valence-corrected chi connectivity index (χ2v) is 5.23. The predicted molar refractivity (Wildman–Crippen MR) is 69.7 cm³/mol. The molecule has 3 nitrogen and oxygen atoms in total. The van der Waals surface area contributed by atoms with Crippen LogP contribution >= 0.6 is 11.3 Å². The van der Waals surface area contributed by atoms with Gasteiger partial charge in [-0.25, -0.2) is 0 Å². The van der Waals surface area contributed by atoms with Gasteiger partial charge in [-0.15, -0.1) is 28.1 Å². The number of nitrogens with zero attached hydrogens (tertiary/aromatic N) is 2. The fourth-order valence-electron chi connectivity index (χ4n) is 1.64. The van der Waals surface area contributed by atoms with Crippen molar-refractivity contribution >= 4 is 11.3 Å². The Balaban J connectivity index is 2.47. The van der Waals surface area contributed by atoms with E-state index >= 15 is 0 Å². The zero-order valence-corrected chi connectivity index (χ0v) is 11.2. The highest BCUT2D eigenvalue weighted by molar-refractivity contribution is 7.11. The molecule has 1 heterocycles. The average molecular weight is 239 g/mol. The van der Waals surface area contributed by atoms with Crippen molar-refractivity contribution in [3.63, 3.8) is 0 Å². The first-order valence-corrected chi connectivity index (χ1v) is 6.66. The third-order valence-electron chi connectivity index (χ3n) is 2.61. The number of aryl methyl sites for hydroxylation is 1. The van der Waals surface area contributed by atoms with Crippen molar-refractivity contribution in [1.29, 1.82) is 0 Å². The van der Waals surface area contributed by atoms with E-state index in [1.54, 1.807) is 11.3 Å². The Kier molecular flexibility index (Phi) is 5.63. The van der Waals surface area contributed by atoms with Gasteiger partial charge in [0, 0.05) is 6.04 Å². The molecule has 1 aromatic heterocycles. The molecule has 2 atom stereocenters. The number of rotatable bonds is 7. The van der Waals surface area contributed by atoms with Gasteiger partial charge in [0.25, 0.3) is 0 Å². The summed E-state index contributed by atoms with van der Waals surface area (Å²) in [6.07, 6.45) is 5.32. The van der Waals surface area contributed by atoms with Crippen LogP contribution in [0.4, 0.5) is 0 Å². The molecular weight excluding hydrogens is 218 g/mol. The Bertz CT molecular complexity index is 322. The summed E-state index contributed by atoms with van der Waals surface area (Å²) in [5, 5.41) is 13.9. The van der Waals surface area contributed by atoms with E-state index in [9.17, 15) is 0 Å². The first kappa shape index (κ1) is 13.3. The van der Waals surface area contributed by atoms with Crippen molar-refractivity contribution < 1.29 is 0 Å². The van der Waals surface area contributed by atoms with Crippen LogP contribution in [0.5, 0.6) is 0 Å². The van der Waals surface area contributed by atoms with E-state index in [1.165, 1.54) is 0 Å². The van der Waals surface area contributed by atoms with Gasteiger partial charge < -0.3 is 5.32 Å². The molecule has 4 heteroatoms. The Morgan fingerprint density at radius 3 is 2.75 bits per heavy atom. The maximum Gasteiger partial charge on any atom is 0.134 e. The van der Waals surface area contributed by atoms with Crippen molar-refractivity contribution in [3.05, 3.63) is 22.7 Å². The van der Waals surface area contributed by atoms with Crippen LogP contribution in [-0.4, -0.2) is 16.2 Å². The molecule has 0 aliphatic carbocycles. The van der Waals surface area contributed by atoms with Gasteiger partial charge in [-0.3, -0.25) is 0 Å². The summed E-state index contributed by atoms with van der Waals surface area (Å²) >= 11 is 1.67. The van der Waals surface area contributed by atoms with Gasteiger partial charge in [-0.05, 0) is 33.1 Å². The van der Waals surface area contributed by atoms with Crippen LogP contribution < -0.4 is 5.32 Å². The summed E-state index contributed by atoms with van der Waals surface area (Å²) < 4.78 is 0. The molecule has 0 bridgehead atoms. The molecule has 1 N–H and O–H groups in total. The highest BCUT2D eigenvalue weighted by atomic mass is 32.1. The standard InChI is InChI=1S/C12H21N3S/c1-5-7-8-11(6-2)13-9(3)12-15-14-10(4)16-12/h5,9,11,13H,1,6-8H2,2-4H3. The van der Waals surface area contributed by atoms with E-state index < -0.39 is 0 Å². The first-order valence-electron chi connectivity index (χ1n) is 5.84. The maximum atomic E-state index is 4.17. The molecule has 0 aliphatic heterocycles. The quantitative estimate of drug-likeness (QED) is 0.742. The van der Waals surface area contributed by atoms with Crippen molar-refractivity contribution in [1.82, 2.24) is 15.5 Å². The van der Waals surface area contributed by atoms with E-state index in [0.29, 0.717) is 12.1 Å². The fraction of sp³-hybridized carbons (Fsp3) is 0.667. The van der Waals surface area contributed by atoms with E-state index in [0.717, 1.165) is 29.3 Å². The lowest BCUT2D eigenvalue weighted by molar-refractivity contribution is 0.420. The second kappa shape index (κ2) is 6.76. The predicted octanol–water partition coefficient (Wildman–Crippen LogP) is 3.24. The van der Waals surface area contributed by atoms with Crippen LogP contribution in [0.25, 0.3) is 0 Å². The summed E-state index contributed by atoms with van der Waals surface area (Å²) in [5.74, 6) is 0. The minimum Gasteiger partial charge on any atom is -0.305 e. The van der Waals surface area contributed by atoms with E-state index in [4.69, 9.17) is 0 Å². The van der Waals surface area contributed by atoms with Crippen LogP contribution in [0, 0.1) is 6.92 Å². The van der Waals surface area contributed by atoms with Gasteiger partial charge in [-0.1, -0.05) is 13.0 Å². The van der Waals surface area contributed by atoms with Crippen LogP contribution in [-0.2, 0) is 0 Å². The minimum absolute atomic E-state index is 0.293. The summed E-state index contributed by atoms with van der Waals surface area (Å²) in [7, 11) is 0. The zero-order chi connectivity index (χ0) is 12.0. The normalized spacial score (nSPS) is 14.7. The topological polar surface area (TPSA) is 37.8 Å². The highest BCUT2D eigenvalue weighted by Crippen LogP contribution is 2.18. The molecule has 0 amide bonds. The van der Waals surface area contributed by atoms with E-state index in [-0.39, 0.29) is 0 Å². The summed E-state index contributed by atoms with van der Waals surface area (Å²) in [5.41, 5.74) is 0. The molecule has 0 saturated carbocycles. The van der Waals surface area contributed by atoms with E-state index in [1.807, 2.05) is 13.0 Å². The Labute approximate surface area is 102 Å². The summed E-state index contributed by atoms with van der Waals surface area (Å²) in [4.78, 5) is 0. The van der Waals surface area contributed by atoms with Crippen molar-refractivity contribution in [2.24, 2.45) is 0 Å². The van der Waals surface area contributed by atoms with Gasteiger partial charge >= 0.3 is 0 Å². The third-order valence-corrected chi connectivity index (χ3v) is 3.63. The molecule has 0 aliphatic rings. The number of nitrogens with one attached hydrogen (secondary N) is 1.